The van der Waals surface area contributed by atoms with Gasteiger partial charge in [-0.25, -0.2) is 9.59 Å². The van der Waals surface area contributed by atoms with Crippen molar-refractivity contribution in [3.05, 3.63) is 0 Å². The predicted octanol–water partition coefficient (Wildman–Crippen LogP) is 2.01. The van der Waals surface area contributed by atoms with E-state index in [1.54, 1.807) is 20.8 Å². The van der Waals surface area contributed by atoms with Crippen molar-refractivity contribution in [1.29, 1.82) is 0 Å². The van der Waals surface area contributed by atoms with Gasteiger partial charge in [-0.15, -0.1) is 0 Å². The number of carbonyl (C=O) groups excluding carboxylic acids is 3. The van der Waals surface area contributed by atoms with E-state index in [2.05, 4.69) is 5.32 Å². The van der Waals surface area contributed by atoms with Gasteiger partial charge in [-0.3, -0.25) is 4.79 Å². The van der Waals surface area contributed by atoms with Crippen LogP contribution in [0.25, 0.3) is 0 Å². The number of hydrogen-bond acceptors (Lipinski definition) is 5. The monoisotopic (exact) mass is 314 g/mol. The molecular weight excluding hydrogens is 288 g/mol. The maximum atomic E-state index is 12.2. The van der Waals surface area contributed by atoms with Gasteiger partial charge in [0.1, 0.15) is 11.6 Å². The Labute approximate surface area is 131 Å². The molecule has 0 unspecified atom stereocenters. The summed E-state index contributed by atoms with van der Waals surface area (Å²) in [6.07, 6.45) is 0.769. The summed E-state index contributed by atoms with van der Waals surface area (Å²) in [6.45, 7) is 9.48. The van der Waals surface area contributed by atoms with Crippen LogP contribution in [0, 0.1) is 5.92 Å². The van der Waals surface area contributed by atoms with Crippen molar-refractivity contribution in [2.75, 3.05) is 6.54 Å². The first-order valence-corrected chi connectivity index (χ1v) is 7.60. The van der Waals surface area contributed by atoms with Crippen LogP contribution in [0.5, 0.6) is 0 Å². The van der Waals surface area contributed by atoms with Crippen molar-refractivity contribution >= 4 is 18.0 Å². The fraction of sp³-hybridized carbons (Fsp3) is 0.800. The van der Waals surface area contributed by atoms with Gasteiger partial charge in [-0.2, -0.15) is 5.06 Å². The molecule has 22 heavy (non-hydrogen) atoms. The van der Waals surface area contributed by atoms with Gasteiger partial charge in [0, 0.05) is 6.42 Å². The third-order valence-corrected chi connectivity index (χ3v) is 2.91. The van der Waals surface area contributed by atoms with Gasteiger partial charge in [0.15, 0.2) is 0 Å². The number of carbonyl (C=O) groups is 3. The molecule has 0 saturated carbocycles. The Hall–Kier alpha value is -1.79. The molecule has 126 valence electrons. The van der Waals surface area contributed by atoms with E-state index in [1.165, 1.54) is 0 Å². The quantitative estimate of drug-likeness (QED) is 0.839. The van der Waals surface area contributed by atoms with Gasteiger partial charge < -0.3 is 14.9 Å². The minimum Gasteiger partial charge on any atom is -0.444 e. The van der Waals surface area contributed by atoms with Crippen LogP contribution in [0.15, 0.2) is 0 Å². The van der Waals surface area contributed by atoms with Crippen molar-refractivity contribution in [3.8, 4) is 0 Å². The number of nitrogens with zero attached hydrogens (tertiary/aromatic N) is 1. The lowest BCUT2D eigenvalue weighted by Crippen LogP contribution is -2.46. The van der Waals surface area contributed by atoms with Crippen molar-refractivity contribution in [2.45, 2.75) is 65.5 Å². The minimum absolute atomic E-state index is 0.168. The van der Waals surface area contributed by atoms with Crippen molar-refractivity contribution in [3.63, 3.8) is 0 Å². The van der Waals surface area contributed by atoms with Gasteiger partial charge in [-0.05, 0) is 39.5 Å². The van der Waals surface area contributed by atoms with Crippen LogP contribution >= 0.6 is 0 Å². The Balaban J connectivity index is 2.64. The average molecular weight is 314 g/mol. The topological polar surface area (TPSA) is 84.9 Å². The van der Waals surface area contributed by atoms with Crippen molar-refractivity contribution in [1.82, 2.24) is 10.4 Å². The Morgan fingerprint density at radius 1 is 1.32 bits per heavy atom. The van der Waals surface area contributed by atoms with Crippen LogP contribution in [-0.2, 0) is 19.2 Å². The molecule has 0 aliphatic carbocycles. The summed E-state index contributed by atoms with van der Waals surface area (Å²) in [7, 11) is 0. The van der Waals surface area contributed by atoms with Gasteiger partial charge in [0.2, 0.25) is 0 Å². The number of hydrogen-bond donors (Lipinski definition) is 1. The number of rotatable bonds is 5. The predicted molar refractivity (Wildman–Crippen MR) is 79.7 cm³/mol. The van der Waals surface area contributed by atoms with Crippen LogP contribution in [0.2, 0.25) is 0 Å². The summed E-state index contributed by atoms with van der Waals surface area (Å²) in [5.41, 5.74) is -0.652. The van der Waals surface area contributed by atoms with Crippen LogP contribution in [0.3, 0.4) is 0 Å². The zero-order valence-corrected chi connectivity index (χ0v) is 14.0. The summed E-state index contributed by atoms with van der Waals surface area (Å²) in [5.74, 6) is -0.689. The molecular formula is C15H26N2O5. The summed E-state index contributed by atoms with van der Waals surface area (Å²) in [4.78, 5) is 40.6. The molecule has 7 heteroatoms. The Morgan fingerprint density at radius 2 is 1.95 bits per heavy atom. The molecule has 1 N–H and O–H groups in total. The smallest absolute Gasteiger partial charge is 0.408 e. The number of alkyl carbamates (subject to hydrolysis) is 1. The van der Waals surface area contributed by atoms with E-state index in [0.717, 1.165) is 5.06 Å². The molecule has 1 atom stereocenters. The zero-order valence-electron chi connectivity index (χ0n) is 14.0. The number of nitrogens with one attached hydrogen (secondary N) is 1. The van der Waals surface area contributed by atoms with Crippen LogP contribution < -0.4 is 5.32 Å². The van der Waals surface area contributed by atoms with E-state index in [9.17, 15) is 14.4 Å². The Kier molecular flexibility index (Phi) is 6.20. The Morgan fingerprint density at radius 3 is 2.41 bits per heavy atom. The highest BCUT2D eigenvalue weighted by molar-refractivity contribution is 5.84. The largest absolute Gasteiger partial charge is 0.444 e. The number of ether oxygens (including phenoxy) is 1. The highest BCUT2D eigenvalue weighted by Crippen LogP contribution is 2.14. The first-order chi connectivity index (χ1) is 10.1. The lowest BCUT2D eigenvalue weighted by molar-refractivity contribution is -0.195. The van der Waals surface area contributed by atoms with Gasteiger partial charge >= 0.3 is 12.1 Å². The molecule has 2 amide bonds. The molecule has 1 aliphatic rings. The first-order valence-electron chi connectivity index (χ1n) is 7.60. The minimum atomic E-state index is -0.844. The molecule has 0 spiro atoms. The van der Waals surface area contributed by atoms with E-state index in [1.807, 2.05) is 13.8 Å². The summed E-state index contributed by atoms with van der Waals surface area (Å²) in [5, 5.41) is 3.58. The molecule has 0 bridgehead atoms. The highest BCUT2D eigenvalue weighted by Gasteiger charge is 2.31. The van der Waals surface area contributed by atoms with Crippen LogP contribution in [0.4, 0.5) is 4.79 Å². The molecule has 1 rings (SSSR count). The summed E-state index contributed by atoms with van der Waals surface area (Å²) < 4.78 is 5.15. The first kappa shape index (κ1) is 18.3. The van der Waals surface area contributed by atoms with Crippen LogP contribution in [-0.4, -0.2) is 41.2 Å². The Bertz CT molecular complexity index is 428. The molecule has 0 aromatic carbocycles. The maximum absolute atomic E-state index is 12.2. The normalized spacial score (nSPS) is 16.6. The van der Waals surface area contributed by atoms with E-state index in [4.69, 9.17) is 9.57 Å². The molecule has 1 saturated heterocycles. The second-order valence-corrected chi connectivity index (χ2v) is 6.84. The number of hydroxylamine groups is 2. The second-order valence-electron chi connectivity index (χ2n) is 6.84. The fourth-order valence-corrected chi connectivity index (χ4v) is 2.03. The fourth-order valence-electron chi connectivity index (χ4n) is 2.03. The summed E-state index contributed by atoms with van der Waals surface area (Å²) in [6, 6.07) is -0.844. The highest BCUT2D eigenvalue weighted by atomic mass is 16.7. The van der Waals surface area contributed by atoms with E-state index in [-0.39, 0.29) is 11.8 Å². The maximum Gasteiger partial charge on any atom is 0.408 e. The molecule has 1 aliphatic heterocycles. The lowest BCUT2D eigenvalue weighted by Gasteiger charge is -2.24. The van der Waals surface area contributed by atoms with Gasteiger partial charge in [0.05, 0.1) is 6.54 Å². The van der Waals surface area contributed by atoms with Gasteiger partial charge in [-0.1, -0.05) is 13.8 Å². The van der Waals surface area contributed by atoms with Crippen molar-refractivity contribution in [2.24, 2.45) is 5.92 Å². The standard InChI is InChI=1S/C15H26N2O5/c1-10(2)9-11(16-14(20)21-15(3,4)5)13(19)22-17-8-6-7-12(17)18/h10-11H,6-9H2,1-5H3,(H,16,20)/t11-/m1/s1. The molecule has 0 radical (unpaired) electrons. The van der Waals surface area contributed by atoms with E-state index < -0.39 is 23.7 Å². The zero-order chi connectivity index (χ0) is 16.9. The van der Waals surface area contributed by atoms with E-state index >= 15 is 0 Å². The van der Waals surface area contributed by atoms with Gasteiger partial charge in [0.25, 0.3) is 5.91 Å². The van der Waals surface area contributed by atoms with Crippen molar-refractivity contribution < 1.29 is 24.0 Å². The third kappa shape index (κ3) is 6.32. The molecule has 1 fully saturated rings. The number of amides is 2. The molecule has 1 heterocycles. The molecule has 0 aromatic heterocycles. The lowest BCUT2D eigenvalue weighted by atomic mass is 10.0. The molecule has 7 nitrogen and oxygen atoms in total. The second kappa shape index (κ2) is 7.47. The average Bonchev–Trinajstić information content (AvgIpc) is 2.71. The summed E-state index contributed by atoms with van der Waals surface area (Å²) >= 11 is 0. The van der Waals surface area contributed by atoms with Crippen LogP contribution in [0.1, 0.15) is 53.9 Å². The van der Waals surface area contributed by atoms with E-state index in [0.29, 0.717) is 25.8 Å². The third-order valence-electron chi connectivity index (χ3n) is 2.91. The molecule has 0 aromatic rings. The SMILES string of the molecule is CC(C)C[C@@H](NC(=O)OC(C)(C)C)C(=O)ON1CCCC1=O.